The van der Waals surface area contributed by atoms with Crippen LogP contribution in [0.25, 0.3) is 0 Å². The van der Waals surface area contributed by atoms with Gasteiger partial charge in [-0.2, -0.15) is 12.8 Å². The highest BCUT2D eigenvalue weighted by Gasteiger charge is 2.29. The minimum atomic E-state index is -3.98. The fourth-order valence-electron chi connectivity index (χ4n) is 1.77. The molecule has 0 spiro atoms. The number of nitrogens with two attached hydrogens (primary N) is 1. The van der Waals surface area contributed by atoms with Crippen molar-refractivity contribution < 1.29 is 17.9 Å². The van der Waals surface area contributed by atoms with Crippen LogP contribution in [0.3, 0.4) is 0 Å². The maximum absolute atomic E-state index is 12.1. The van der Waals surface area contributed by atoms with Gasteiger partial charge in [-0.3, -0.25) is 9.79 Å². The summed E-state index contributed by atoms with van der Waals surface area (Å²) >= 11 is 0. The number of aromatic amines is 1. The number of primary amides is 1. The standard InChI is InChI=1S/C10H8N4O4S/c11-10(15)8-9-7(3-13-8)19(16,17)14-6-2-12-1-5(6)4-18-9/h2-4,13H,1H2,(H2,11,15). The van der Waals surface area contributed by atoms with E-state index in [1.54, 1.807) is 0 Å². The van der Waals surface area contributed by atoms with Crippen LogP contribution in [-0.4, -0.2) is 37.8 Å². The van der Waals surface area contributed by atoms with Gasteiger partial charge in [0, 0.05) is 18.0 Å². The van der Waals surface area contributed by atoms with Crippen LogP contribution in [0, 0.1) is 0 Å². The van der Waals surface area contributed by atoms with Crippen LogP contribution in [0.4, 0.5) is 0 Å². The summed E-state index contributed by atoms with van der Waals surface area (Å²) in [4.78, 5) is 17.4. The molecule has 3 heterocycles. The van der Waals surface area contributed by atoms with Gasteiger partial charge in [0.15, 0.2) is 10.6 Å². The molecule has 8 nitrogen and oxygen atoms in total. The molecule has 0 bridgehead atoms. The average Bonchev–Trinajstić information content (AvgIpc) is 2.90. The van der Waals surface area contributed by atoms with Crippen LogP contribution in [0.5, 0.6) is 5.75 Å². The van der Waals surface area contributed by atoms with Crippen LogP contribution in [0.2, 0.25) is 0 Å². The zero-order valence-electron chi connectivity index (χ0n) is 9.45. The molecule has 0 aliphatic carbocycles. The maximum atomic E-state index is 12.1. The Hall–Kier alpha value is -2.42. The van der Waals surface area contributed by atoms with Crippen molar-refractivity contribution in [2.45, 2.75) is 4.90 Å². The number of carbonyl (C=O) groups excluding carboxylic acids is 1. The van der Waals surface area contributed by atoms with Gasteiger partial charge < -0.3 is 15.5 Å². The summed E-state index contributed by atoms with van der Waals surface area (Å²) in [6.45, 7) is 0.278. The average molecular weight is 280 g/mol. The zero-order chi connectivity index (χ0) is 13.6. The zero-order valence-corrected chi connectivity index (χ0v) is 10.3. The minimum absolute atomic E-state index is 0.118. The summed E-state index contributed by atoms with van der Waals surface area (Å²) in [6.07, 6.45) is 3.80. The predicted octanol–water partition coefficient (Wildman–Crippen LogP) is -0.396. The van der Waals surface area contributed by atoms with Gasteiger partial charge in [0.25, 0.3) is 15.9 Å². The SMILES string of the molecule is NC(=O)c1[nH]cc2c1OC=C1CN=CC1=NS2(=O)=O. The highest BCUT2D eigenvalue weighted by atomic mass is 32.2. The lowest BCUT2D eigenvalue weighted by molar-refractivity contribution is 0.0993. The molecule has 2 aliphatic rings. The molecular formula is C10H8N4O4S. The maximum Gasteiger partial charge on any atom is 0.288 e. The van der Waals surface area contributed by atoms with Crippen molar-refractivity contribution >= 4 is 27.9 Å². The number of aliphatic imine (C=N–C) groups is 1. The molecule has 98 valence electrons. The van der Waals surface area contributed by atoms with Gasteiger partial charge in [-0.25, -0.2) is 0 Å². The Labute approximate surface area is 107 Å². The van der Waals surface area contributed by atoms with E-state index in [4.69, 9.17) is 10.5 Å². The Kier molecular flexibility index (Phi) is 2.32. The Bertz CT molecular complexity index is 769. The van der Waals surface area contributed by atoms with Gasteiger partial charge >= 0.3 is 0 Å². The number of nitrogens with one attached hydrogen (secondary N) is 1. The molecule has 3 N–H and O–H groups in total. The number of sulfonamides is 1. The van der Waals surface area contributed by atoms with Crippen LogP contribution < -0.4 is 10.5 Å². The summed E-state index contributed by atoms with van der Waals surface area (Å²) in [5, 5.41) is 0. The smallest absolute Gasteiger partial charge is 0.288 e. The first kappa shape index (κ1) is 11.7. The topological polar surface area (TPSA) is 127 Å². The molecule has 1 aromatic heterocycles. The quantitative estimate of drug-likeness (QED) is 0.725. The summed E-state index contributed by atoms with van der Waals surface area (Å²) in [5.74, 6) is -0.961. The van der Waals surface area contributed by atoms with Crippen LogP contribution in [-0.2, 0) is 10.0 Å². The number of ether oxygens (including phenoxy) is 1. The second kappa shape index (κ2) is 3.79. The fraction of sp³-hybridized carbons (Fsp3) is 0.100. The Morgan fingerprint density at radius 2 is 2.26 bits per heavy atom. The molecule has 0 atom stereocenters. The lowest BCUT2D eigenvalue weighted by Gasteiger charge is -2.08. The number of H-pyrrole nitrogens is 1. The highest BCUT2D eigenvalue weighted by molar-refractivity contribution is 7.90. The number of fused-ring (bicyclic) bond motifs is 2. The number of hydrogen-bond donors (Lipinski definition) is 2. The number of hydrogen-bond acceptors (Lipinski definition) is 5. The van der Waals surface area contributed by atoms with Crippen molar-refractivity contribution in [1.82, 2.24) is 4.98 Å². The van der Waals surface area contributed by atoms with Crippen LogP contribution >= 0.6 is 0 Å². The third-order valence-electron chi connectivity index (χ3n) is 2.66. The number of amides is 1. The van der Waals surface area contributed by atoms with Crippen LogP contribution in [0.15, 0.2) is 32.3 Å². The van der Waals surface area contributed by atoms with Gasteiger partial charge in [-0.15, -0.1) is 0 Å². The van der Waals surface area contributed by atoms with E-state index in [9.17, 15) is 13.2 Å². The van der Waals surface area contributed by atoms with Crippen molar-refractivity contribution in [3.63, 3.8) is 0 Å². The molecule has 0 aromatic carbocycles. The molecule has 9 heteroatoms. The summed E-state index contributed by atoms with van der Waals surface area (Å²) in [7, 11) is -3.98. The first-order valence-corrected chi connectivity index (χ1v) is 6.65. The van der Waals surface area contributed by atoms with Gasteiger partial charge in [-0.05, 0) is 0 Å². The van der Waals surface area contributed by atoms with E-state index in [0.717, 1.165) is 6.20 Å². The normalized spacial score (nSPS) is 19.4. The summed E-state index contributed by atoms with van der Waals surface area (Å²) in [6, 6.07) is 0. The molecule has 0 saturated heterocycles. The molecule has 1 aromatic rings. The monoisotopic (exact) mass is 280 g/mol. The van der Waals surface area contributed by atoms with E-state index in [2.05, 4.69) is 14.4 Å². The number of nitrogens with zero attached hydrogens (tertiary/aromatic N) is 2. The number of rotatable bonds is 1. The highest BCUT2D eigenvalue weighted by Crippen LogP contribution is 2.31. The molecule has 19 heavy (non-hydrogen) atoms. The minimum Gasteiger partial charge on any atom is -0.461 e. The van der Waals surface area contributed by atoms with Crippen molar-refractivity contribution in [2.24, 2.45) is 15.1 Å². The molecule has 0 unspecified atom stereocenters. The van der Waals surface area contributed by atoms with Gasteiger partial charge in [0.2, 0.25) is 0 Å². The van der Waals surface area contributed by atoms with E-state index in [1.807, 2.05) is 0 Å². The Balaban J connectivity index is 2.26. The second-order valence-corrected chi connectivity index (χ2v) is 5.48. The molecule has 0 fully saturated rings. The van der Waals surface area contributed by atoms with Gasteiger partial charge in [0.1, 0.15) is 11.4 Å². The predicted molar refractivity (Wildman–Crippen MR) is 66.0 cm³/mol. The first-order valence-electron chi connectivity index (χ1n) is 5.21. The van der Waals surface area contributed by atoms with E-state index in [1.165, 1.54) is 12.5 Å². The largest absolute Gasteiger partial charge is 0.461 e. The third kappa shape index (κ3) is 1.74. The number of carbonyl (C=O) groups is 1. The lowest BCUT2D eigenvalue weighted by Crippen LogP contribution is -2.14. The molecule has 1 amide bonds. The Morgan fingerprint density at radius 3 is 3.00 bits per heavy atom. The Morgan fingerprint density at radius 1 is 1.47 bits per heavy atom. The van der Waals surface area contributed by atoms with Crippen molar-refractivity contribution in [2.75, 3.05) is 6.54 Å². The summed E-state index contributed by atoms with van der Waals surface area (Å²) in [5.41, 5.74) is 5.77. The number of aromatic nitrogens is 1. The van der Waals surface area contributed by atoms with Crippen molar-refractivity contribution in [3.8, 4) is 5.75 Å². The lowest BCUT2D eigenvalue weighted by atomic mass is 10.2. The van der Waals surface area contributed by atoms with E-state index < -0.39 is 15.9 Å². The fourth-order valence-corrected chi connectivity index (χ4v) is 2.88. The van der Waals surface area contributed by atoms with E-state index in [-0.39, 0.29) is 28.6 Å². The van der Waals surface area contributed by atoms with Crippen LogP contribution in [0.1, 0.15) is 10.5 Å². The second-order valence-electron chi connectivity index (χ2n) is 3.90. The molecule has 3 rings (SSSR count). The summed E-state index contributed by atoms with van der Waals surface area (Å²) < 4.78 is 33.1. The third-order valence-corrected chi connectivity index (χ3v) is 3.96. The van der Waals surface area contributed by atoms with Gasteiger partial charge in [-0.1, -0.05) is 0 Å². The van der Waals surface area contributed by atoms with E-state index >= 15 is 0 Å². The molecule has 0 saturated carbocycles. The van der Waals surface area contributed by atoms with Gasteiger partial charge in [0.05, 0.1) is 12.8 Å². The molecular weight excluding hydrogens is 272 g/mol. The molecule has 2 aliphatic heterocycles. The first-order chi connectivity index (χ1) is 8.99. The molecule has 0 radical (unpaired) electrons. The van der Waals surface area contributed by atoms with Crippen molar-refractivity contribution in [3.05, 3.63) is 23.7 Å². The van der Waals surface area contributed by atoms with Crippen molar-refractivity contribution in [1.29, 1.82) is 0 Å². The van der Waals surface area contributed by atoms with E-state index in [0.29, 0.717) is 5.57 Å².